The molecule has 4 fully saturated rings. The Bertz CT molecular complexity index is 1030. The highest BCUT2D eigenvalue weighted by molar-refractivity contribution is 6.07. The molecule has 32 heavy (non-hydrogen) atoms. The number of hydrogen-bond acceptors (Lipinski definition) is 6. The molecule has 8 heteroatoms. The van der Waals surface area contributed by atoms with Gasteiger partial charge in [-0.25, -0.2) is 4.79 Å². The molecule has 2 heterocycles. The second-order valence-corrected chi connectivity index (χ2v) is 10.9. The molecule has 3 amide bonds. The largest absolute Gasteiger partial charge is 0.497 e. The van der Waals surface area contributed by atoms with Crippen LogP contribution in [0.2, 0.25) is 0 Å². The minimum atomic E-state index is -0.950. The van der Waals surface area contributed by atoms with E-state index >= 15 is 0 Å². The molecule has 6 rings (SSSR count). The van der Waals surface area contributed by atoms with E-state index in [1.165, 1.54) is 5.56 Å². The summed E-state index contributed by atoms with van der Waals surface area (Å²) in [6.45, 7) is 2.90. The van der Waals surface area contributed by atoms with Gasteiger partial charge in [0.1, 0.15) is 11.3 Å². The first kappa shape index (κ1) is 20.4. The lowest BCUT2D eigenvalue weighted by Crippen LogP contribution is -2.76. The van der Waals surface area contributed by atoms with Crippen molar-refractivity contribution in [1.29, 1.82) is 0 Å². The number of urea groups is 1. The number of ether oxygens (including phenoxy) is 1. The molecule has 1 aromatic rings. The van der Waals surface area contributed by atoms with Crippen molar-refractivity contribution >= 4 is 11.9 Å². The predicted octanol–water partition coefficient (Wildman–Crippen LogP) is 0.717. The molecular formula is C24H32N4O4. The van der Waals surface area contributed by atoms with Gasteiger partial charge in [0.25, 0.3) is 5.91 Å². The Hall–Kier alpha value is -2.16. The van der Waals surface area contributed by atoms with Gasteiger partial charge in [0.05, 0.1) is 18.8 Å². The smallest absolute Gasteiger partial charge is 0.322 e. The summed E-state index contributed by atoms with van der Waals surface area (Å²) in [6, 6.07) is 5.87. The minimum Gasteiger partial charge on any atom is -0.497 e. The van der Waals surface area contributed by atoms with Crippen LogP contribution >= 0.6 is 0 Å². The number of benzene rings is 1. The Balaban J connectivity index is 1.44. The summed E-state index contributed by atoms with van der Waals surface area (Å²) in [7, 11) is 5.83. The normalized spacial score (nSPS) is 41.2. The molecule has 8 nitrogen and oxygen atoms in total. The molecular weight excluding hydrogens is 408 g/mol. The maximum absolute atomic E-state index is 12.9. The van der Waals surface area contributed by atoms with E-state index in [2.05, 4.69) is 46.7 Å². The molecule has 5 aliphatic rings. The lowest BCUT2D eigenvalue weighted by molar-refractivity contribution is -0.159. The number of fused-ring (bicyclic) bond motifs is 2. The maximum atomic E-state index is 12.9. The van der Waals surface area contributed by atoms with Crippen molar-refractivity contribution in [1.82, 2.24) is 20.4 Å². The fourth-order valence-electron chi connectivity index (χ4n) is 8.10. The summed E-state index contributed by atoms with van der Waals surface area (Å²) < 4.78 is 5.54. The number of imide groups is 1. The molecule has 0 aromatic heterocycles. The van der Waals surface area contributed by atoms with Crippen LogP contribution in [-0.2, 0) is 15.6 Å². The van der Waals surface area contributed by atoms with E-state index in [1.54, 1.807) is 7.11 Å². The van der Waals surface area contributed by atoms with Crippen molar-refractivity contribution in [3.05, 3.63) is 29.3 Å². The van der Waals surface area contributed by atoms with Gasteiger partial charge < -0.3 is 20.1 Å². The topological polar surface area (TPSA) is 94.1 Å². The molecule has 3 spiro atoms. The van der Waals surface area contributed by atoms with Crippen molar-refractivity contribution in [2.75, 3.05) is 40.8 Å². The molecule has 2 aliphatic heterocycles. The van der Waals surface area contributed by atoms with Crippen LogP contribution in [-0.4, -0.2) is 84.9 Å². The van der Waals surface area contributed by atoms with Gasteiger partial charge >= 0.3 is 6.03 Å². The summed E-state index contributed by atoms with van der Waals surface area (Å²) >= 11 is 0. The number of aliphatic hydroxyl groups is 1. The van der Waals surface area contributed by atoms with Crippen LogP contribution < -0.4 is 15.4 Å². The third kappa shape index (κ3) is 2.23. The zero-order valence-corrected chi connectivity index (χ0v) is 19.0. The van der Waals surface area contributed by atoms with Crippen LogP contribution in [0.5, 0.6) is 5.75 Å². The standard InChI is InChI=1S/C24H32N4O4/c1-27(2)9-4-10-28-14-21-12-22(17-11-15(32-3)5-6-16(17)21)13-23(19(29)25-20(30)26-23)7-8-24(22,31)18(21)28/h5-6,11,18,31H,4,7-10,12-14H2,1-3H3,(H2,25,26,29,30)/t18?,21?,22-,23+,24-/m1/s1. The number of likely N-dealkylation sites (tertiary alicyclic amines) is 1. The van der Waals surface area contributed by atoms with Crippen molar-refractivity contribution in [2.24, 2.45) is 0 Å². The first-order chi connectivity index (χ1) is 15.2. The first-order valence-corrected chi connectivity index (χ1v) is 11.6. The third-order valence-electron chi connectivity index (χ3n) is 9.15. The van der Waals surface area contributed by atoms with Crippen LogP contribution in [0.1, 0.15) is 43.2 Å². The van der Waals surface area contributed by atoms with Crippen molar-refractivity contribution < 1.29 is 19.4 Å². The highest BCUT2D eigenvalue weighted by Gasteiger charge is 2.82. The van der Waals surface area contributed by atoms with E-state index in [9.17, 15) is 14.7 Å². The van der Waals surface area contributed by atoms with Crippen LogP contribution in [0.15, 0.2) is 18.2 Å². The van der Waals surface area contributed by atoms with Gasteiger partial charge in [-0.15, -0.1) is 0 Å². The Morgan fingerprint density at radius 2 is 2.03 bits per heavy atom. The molecule has 1 aromatic carbocycles. The van der Waals surface area contributed by atoms with E-state index in [-0.39, 0.29) is 17.4 Å². The summed E-state index contributed by atoms with van der Waals surface area (Å²) in [5.41, 5.74) is -0.157. The number of carbonyl (C=O) groups excluding carboxylic acids is 2. The number of rotatable bonds is 5. The Morgan fingerprint density at radius 1 is 1.22 bits per heavy atom. The van der Waals surface area contributed by atoms with Crippen LogP contribution in [0.4, 0.5) is 4.79 Å². The molecule has 5 atom stereocenters. The minimum absolute atomic E-state index is 0.0515. The Labute approximate surface area is 188 Å². The lowest BCUT2D eigenvalue weighted by atomic mass is 9.52. The summed E-state index contributed by atoms with van der Waals surface area (Å²) in [6.07, 6.45) is 3.26. The average Bonchev–Trinajstić information content (AvgIpc) is 3.23. The summed E-state index contributed by atoms with van der Waals surface area (Å²) in [5, 5.41) is 17.8. The zero-order valence-electron chi connectivity index (χ0n) is 19.0. The van der Waals surface area contributed by atoms with Gasteiger partial charge in [0.2, 0.25) is 0 Å². The number of carbonyl (C=O) groups is 2. The fourth-order valence-corrected chi connectivity index (χ4v) is 8.10. The quantitative estimate of drug-likeness (QED) is 0.584. The predicted molar refractivity (Wildman–Crippen MR) is 118 cm³/mol. The number of hydrogen-bond donors (Lipinski definition) is 3. The summed E-state index contributed by atoms with van der Waals surface area (Å²) in [5.74, 6) is 0.508. The average molecular weight is 441 g/mol. The third-order valence-corrected chi connectivity index (χ3v) is 9.15. The zero-order chi connectivity index (χ0) is 22.5. The van der Waals surface area contributed by atoms with Crippen LogP contribution in [0.3, 0.4) is 0 Å². The molecule has 172 valence electrons. The van der Waals surface area contributed by atoms with E-state index in [0.717, 1.165) is 43.8 Å². The molecule has 3 N–H and O–H groups in total. The van der Waals surface area contributed by atoms with Crippen molar-refractivity contribution in [3.63, 3.8) is 0 Å². The second-order valence-electron chi connectivity index (χ2n) is 10.9. The molecule has 2 bridgehead atoms. The van der Waals surface area contributed by atoms with E-state index in [4.69, 9.17) is 4.74 Å². The molecule has 2 unspecified atom stereocenters. The molecule has 3 aliphatic carbocycles. The molecule has 2 saturated carbocycles. The van der Waals surface area contributed by atoms with Crippen molar-refractivity contribution in [3.8, 4) is 5.75 Å². The van der Waals surface area contributed by atoms with Gasteiger partial charge in [-0.05, 0) is 82.5 Å². The van der Waals surface area contributed by atoms with Crippen LogP contribution in [0.25, 0.3) is 0 Å². The maximum Gasteiger partial charge on any atom is 0.322 e. The Kier molecular flexibility index (Phi) is 3.99. The number of nitrogens with one attached hydrogen (secondary N) is 2. The molecule has 2 saturated heterocycles. The highest BCUT2D eigenvalue weighted by Crippen LogP contribution is 2.74. The first-order valence-electron chi connectivity index (χ1n) is 11.6. The van der Waals surface area contributed by atoms with Gasteiger partial charge in [-0.2, -0.15) is 0 Å². The fraction of sp³-hybridized carbons (Fsp3) is 0.667. The Morgan fingerprint density at radius 3 is 2.72 bits per heavy atom. The SMILES string of the molecule is COc1ccc2c(c1)[C@]13CC24CN(CCCN(C)C)C4[C@]1(O)CC[C@@]1(C3)NC(=O)NC1=O. The van der Waals surface area contributed by atoms with Gasteiger partial charge in [0.15, 0.2) is 0 Å². The van der Waals surface area contributed by atoms with E-state index in [1.807, 2.05) is 6.07 Å². The lowest BCUT2D eigenvalue weighted by Gasteiger charge is -2.63. The number of methoxy groups -OCH3 is 1. The summed E-state index contributed by atoms with van der Waals surface area (Å²) in [4.78, 5) is 29.6. The van der Waals surface area contributed by atoms with Gasteiger partial charge in [0, 0.05) is 17.4 Å². The molecule has 0 radical (unpaired) electrons. The van der Waals surface area contributed by atoms with Gasteiger partial charge in [-0.1, -0.05) is 6.07 Å². The second kappa shape index (κ2) is 6.24. The monoisotopic (exact) mass is 440 g/mol. The number of nitrogens with zero attached hydrogens (tertiary/aromatic N) is 2. The van der Waals surface area contributed by atoms with Crippen molar-refractivity contribution in [2.45, 2.75) is 60.1 Å². The van der Waals surface area contributed by atoms with E-state index < -0.39 is 22.6 Å². The van der Waals surface area contributed by atoms with Crippen LogP contribution in [0, 0.1) is 0 Å². The van der Waals surface area contributed by atoms with Gasteiger partial charge in [-0.3, -0.25) is 15.0 Å². The number of amides is 3. The highest BCUT2D eigenvalue weighted by atomic mass is 16.5. The van der Waals surface area contributed by atoms with E-state index in [0.29, 0.717) is 19.3 Å².